The molecular formula is C23H18Cl2N4O4S2. The molecule has 3 aromatic carbocycles. The van der Waals surface area contributed by atoms with E-state index in [0.29, 0.717) is 20.8 Å². The van der Waals surface area contributed by atoms with Crippen LogP contribution in [-0.2, 0) is 14.8 Å². The van der Waals surface area contributed by atoms with Crippen LogP contribution < -0.4 is 14.4 Å². The molecule has 0 aliphatic heterocycles. The number of methoxy groups -OCH3 is 1. The van der Waals surface area contributed by atoms with Crippen molar-refractivity contribution < 1.29 is 17.9 Å². The summed E-state index contributed by atoms with van der Waals surface area (Å²) < 4.78 is 33.0. The highest BCUT2D eigenvalue weighted by Gasteiger charge is 2.28. The number of benzene rings is 3. The Labute approximate surface area is 216 Å². The average Bonchev–Trinajstić information content (AvgIpc) is 3.31. The summed E-state index contributed by atoms with van der Waals surface area (Å²) in [5.74, 6) is -0.0929. The maximum absolute atomic E-state index is 13.5. The fourth-order valence-electron chi connectivity index (χ4n) is 3.09. The number of halogens is 2. The van der Waals surface area contributed by atoms with E-state index in [4.69, 9.17) is 27.9 Å². The predicted molar refractivity (Wildman–Crippen MR) is 138 cm³/mol. The molecule has 0 saturated heterocycles. The summed E-state index contributed by atoms with van der Waals surface area (Å²) in [4.78, 5) is 12.9. The number of sulfonamides is 1. The van der Waals surface area contributed by atoms with Gasteiger partial charge in [0.15, 0.2) is 0 Å². The molecule has 0 spiro atoms. The minimum absolute atomic E-state index is 0.00739. The van der Waals surface area contributed by atoms with Crippen molar-refractivity contribution in [3.8, 4) is 16.3 Å². The van der Waals surface area contributed by atoms with E-state index in [-0.39, 0.29) is 15.7 Å². The van der Waals surface area contributed by atoms with Crippen molar-refractivity contribution >= 4 is 61.3 Å². The lowest BCUT2D eigenvalue weighted by Crippen LogP contribution is -2.38. The van der Waals surface area contributed by atoms with Crippen LogP contribution in [0.2, 0.25) is 10.0 Å². The molecule has 0 unspecified atom stereocenters. The first-order valence-electron chi connectivity index (χ1n) is 10.1. The van der Waals surface area contributed by atoms with Gasteiger partial charge >= 0.3 is 0 Å². The van der Waals surface area contributed by atoms with Crippen LogP contribution in [0.25, 0.3) is 10.6 Å². The van der Waals surface area contributed by atoms with Gasteiger partial charge in [-0.1, -0.05) is 52.7 Å². The second-order valence-corrected chi connectivity index (χ2v) is 10.8. The lowest BCUT2D eigenvalue weighted by Gasteiger charge is -2.24. The average molecular weight is 549 g/mol. The Bertz CT molecular complexity index is 1440. The van der Waals surface area contributed by atoms with E-state index in [1.165, 1.54) is 37.4 Å². The first-order valence-corrected chi connectivity index (χ1v) is 13.1. The Morgan fingerprint density at radius 3 is 2.37 bits per heavy atom. The number of carbonyl (C=O) groups is 1. The van der Waals surface area contributed by atoms with Crippen molar-refractivity contribution in [1.29, 1.82) is 0 Å². The van der Waals surface area contributed by atoms with Gasteiger partial charge in [-0.3, -0.25) is 14.4 Å². The molecule has 1 amide bonds. The minimum Gasteiger partial charge on any atom is -0.497 e. The number of nitrogens with zero attached hydrogens (tertiary/aromatic N) is 3. The molecule has 0 fully saturated rings. The lowest BCUT2D eigenvalue weighted by molar-refractivity contribution is -0.114. The van der Waals surface area contributed by atoms with Gasteiger partial charge in [-0.2, -0.15) is 0 Å². The molecule has 35 heavy (non-hydrogen) atoms. The third-order valence-corrected chi connectivity index (χ3v) is 7.96. The van der Waals surface area contributed by atoms with Crippen LogP contribution in [0.1, 0.15) is 0 Å². The van der Waals surface area contributed by atoms with Gasteiger partial charge in [0.1, 0.15) is 17.3 Å². The fraction of sp³-hybridized carbons (Fsp3) is 0.0870. The molecule has 0 bridgehead atoms. The van der Waals surface area contributed by atoms with Crippen molar-refractivity contribution in [2.75, 3.05) is 23.3 Å². The van der Waals surface area contributed by atoms with E-state index in [9.17, 15) is 13.2 Å². The monoisotopic (exact) mass is 548 g/mol. The molecule has 0 atom stereocenters. The molecule has 4 aromatic rings. The van der Waals surface area contributed by atoms with Crippen LogP contribution in [0.15, 0.2) is 77.7 Å². The summed E-state index contributed by atoms with van der Waals surface area (Å²) in [5.41, 5.74) is 1.03. The number of carbonyl (C=O) groups excluding carboxylic acids is 1. The largest absolute Gasteiger partial charge is 0.497 e. The number of anilines is 2. The molecule has 8 nitrogen and oxygen atoms in total. The second-order valence-electron chi connectivity index (χ2n) is 7.13. The highest BCUT2D eigenvalue weighted by atomic mass is 35.5. The molecule has 0 radical (unpaired) electrons. The van der Waals surface area contributed by atoms with E-state index in [1.54, 1.807) is 42.5 Å². The number of rotatable bonds is 8. The zero-order chi connectivity index (χ0) is 25.0. The molecule has 0 aliphatic rings. The topological polar surface area (TPSA) is 101 Å². The highest BCUT2D eigenvalue weighted by Crippen LogP contribution is 2.29. The summed E-state index contributed by atoms with van der Waals surface area (Å²) >= 11 is 13.2. The Morgan fingerprint density at radius 1 is 1.00 bits per heavy atom. The van der Waals surface area contributed by atoms with Crippen molar-refractivity contribution in [2.45, 2.75) is 4.90 Å². The Morgan fingerprint density at radius 2 is 1.71 bits per heavy atom. The van der Waals surface area contributed by atoms with Gasteiger partial charge in [0.25, 0.3) is 10.0 Å². The Balaban J connectivity index is 1.58. The molecule has 12 heteroatoms. The second kappa shape index (κ2) is 10.6. The summed E-state index contributed by atoms with van der Waals surface area (Å²) in [6.07, 6.45) is 0. The molecular weight excluding hydrogens is 531 g/mol. The molecule has 180 valence electrons. The number of hydrogen-bond donors (Lipinski definition) is 1. The zero-order valence-electron chi connectivity index (χ0n) is 18.2. The fourth-order valence-corrected chi connectivity index (χ4v) is 5.58. The highest BCUT2D eigenvalue weighted by molar-refractivity contribution is 7.92. The van der Waals surface area contributed by atoms with E-state index >= 15 is 0 Å². The first-order chi connectivity index (χ1) is 16.8. The Kier molecular flexibility index (Phi) is 7.56. The quantitative estimate of drug-likeness (QED) is 0.318. The van der Waals surface area contributed by atoms with Crippen LogP contribution in [0.5, 0.6) is 5.75 Å². The third kappa shape index (κ3) is 5.91. The van der Waals surface area contributed by atoms with Crippen LogP contribution in [0.4, 0.5) is 10.8 Å². The number of aromatic nitrogens is 2. The lowest BCUT2D eigenvalue weighted by atomic mass is 10.2. The summed E-state index contributed by atoms with van der Waals surface area (Å²) in [6, 6.07) is 19.2. The van der Waals surface area contributed by atoms with Crippen LogP contribution >= 0.6 is 34.5 Å². The maximum Gasteiger partial charge on any atom is 0.264 e. The molecule has 0 saturated carbocycles. The van der Waals surface area contributed by atoms with Crippen LogP contribution in [0, 0.1) is 0 Å². The van der Waals surface area contributed by atoms with Gasteiger partial charge in [-0.25, -0.2) is 8.42 Å². The zero-order valence-corrected chi connectivity index (χ0v) is 21.3. The molecule has 0 aliphatic carbocycles. The standard InChI is InChI=1S/C23H18Cl2N4O4S2/c1-33-19-9-11-20(12-10-19)35(31,32)29(18-4-2-3-17(25)13-18)14-21(30)26-23-28-27-22(34-23)15-5-7-16(24)8-6-15/h2-13H,14H2,1H3,(H,26,28,30). The van der Waals surface area contributed by atoms with Gasteiger partial charge in [-0.15, -0.1) is 10.2 Å². The van der Waals surface area contributed by atoms with Crippen molar-refractivity contribution in [3.63, 3.8) is 0 Å². The van der Waals surface area contributed by atoms with Crippen molar-refractivity contribution in [2.24, 2.45) is 0 Å². The number of ether oxygens (including phenoxy) is 1. The number of nitrogens with one attached hydrogen (secondary N) is 1. The number of hydrogen-bond acceptors (Lipinski definition) is 7. The van der Waals surface area contributed by atoms with Crippen molar-refractivity contribution in [3.05, 3.63) is 82.8 Å². The molecule has 1 heterocycles. The van der Waals surface area contributed by atoms with Gasteiger partial charge in [-0.05, 0) is 54.6 Å². The van der Waals surface area contributed by atoms with Crippen molar-refractivity contribution in [1.82, 2.24) is 10.2 Å². The first kappa shape index (κ1) is 24.9. The summed E-state index contributed by atoms with van der Waals surface area (Å²) in [6.45, 7) is -0.509. The summed E-state index contributed by atoms with van der Waals surface area (Å²) in [7, 11) is -2.63. The summed E-state index contributed by atoms with van der Waals surface area (Å²) in [5, 5.41) is 12.4. The molecule has 4 rings (SSSR count). The van der Waals surface area contributed by atoms with Gasteiger partial charge in [0.05, 0.1) is 17.7 Å². The third-order valence-electron chi connectivity index (χ3n) is 4.79. The SMILES string of the molecule is COc1ccc(S(=O)(=O)N(CC(=O)Nc2nnc(-c3ccc(Cl)cc3)s2)c2cccc(Cl)c2)cc1. The van der Waals surface area contributed by atoms with Gasteiger partial charge in [0, 0.05) is 15.6 Å². The van der Waals surface area contributed by atoms with Gasteiger partial charge < -0.3 is 4.74 Å². The molecule has 1 N–H and O–H groups in total. The van der Waals surface area contributed by atoms with Crippen LogP contribution in [-0.4, -0.2) is 38.2 Å². The van der Waals surface area contributed by atoms with Crippen LogP contribution in [0.3, 0.4) is 0 Å². The van der Waals surface area contributed by atoms with E-state index in [0.717, 1.165) is 21.2 Å². The smallest absolute Gasteiger partial charge is 0.264 e. The number of amides is 1. The van der Waals surface area contributed by atoms with E-state index in [1.807, 2.05) is 0 Å². The normalized spacial score (nSPS) is 11.2. The predicted octanol–water partition coefficient (Wildman–Crippen LogP) is 5.35. The van der Waals surface area contributed by atoms with E-state index in [2.05, 4.69) is 15.5 Å². The Hall–Kier alpha value is -3.18. The van der Waals surface area contributed by atoms with Gasteiger partial charge in [0.2, 0.25) is 11.0 Å². The maximum atomic E-state index is 13.5. The minimum atomic E-state index is -4.11. The molecule has 1 aromatic heterocycles. The van der Waals surface area contributed by atoms with E-state index < -0.39 is 22.5 Å².